The van der Waals surface area contributed by atoms with Gasteiger partial charge in [-0.05, 0) is 23.8 Å². The topological polar surface area (TPSA) is 59.2 Å². The Morgan fingerprint density at radius 2 is 2.11 bits per heavy atom. The number of hydrogen-bond donors (Lipinski definition) is 1. The molecular weight excluding hydrogens is 258 g/mol. The van der Waals surface area contributed by atoms with Crippen LogP contribution in [0.3, 0.4) is 0 Å². The van der Waals surface area contributed by atoms with Crippen molar-refractivity contribution in [3.05, 3.63) is 41.0 Å². The summed E-state index contributed by atoms with van der Waals surface area (Å²) in [5, 5.41) is 1.01. The zero-order valence-electron chi connectivity index (χ0n) is 11.1. The van der Waals surface area contributed by atoms with Crippen LogP contribution >= 0.6 is 11.3 Å². The molecule has 0 amide bonds. The van der Waals surface area contributed by atoms with Gasteiger partial charge in [0.05, 0.1) is 15.6 Å². The fraction of sp³-hybridized carbons (Fsp3) is 0.286. The molecule has 0 spiro atoms. The number of aromatic nitrogens is 1. The van der Waals surface area contributed by atoms with Crippen LogP contribution in [0.1, 0.15) is 28.6 Å². The maximum atomic E-state index is 11.7. The minimum atomic E-state index is 0.103. The van der Waals surface area contributed by atoms with Crippen molar-refractivity contribution in [3.63, 3.8) is 0 Å². The maximum Gasteiger partial charge on any atom is 0.174 e. The molecule has 2 aromatic rings. The van der Waals surface area contributed by atoms with Crippen LogP contribution in [-0.2, 0) is 6.54 Å². The summed E-state index contributed by atoms with van der Waals surface area (Å²) in [6.07, 6.45) is 4.04. The number of hydrogen-bond acceptors (Lipinski definition) is 5. The largest absolute Gasteiger partial charge is 0.397 e. The first-order chi connectivity index (χ1) is 9.11. The van der Waals surface area contributed by atoms with Gasteiger partial charge in [0.2, 0.25) is 0 Å². The van der Waals surface area contributed by atoms with Gasteiger partial charge in [-0.3, -0.25) is 9.78 Å². The van der Waals surface area contributed by atoms with Gasteiger partial charge in [-0.2, -0.15) is 0 Å². The standard InChI is InChI=1S/C14H17N3OS/c1-3-12(18)14-11(15)8-13(19-14)17(2)9-10-4-6-16-7-5-10/h4-8H,3,9,15H2,1-2H3. The minimum absolute atomic E-state index is 0.103. The van der Waals surface area contributed by atoms with E-state index in [2.05, 4.69) is 9.88 Å². The number of thiophene rings is 1. The van der Waals surface area contributed by atoms with Crippen molar-refractivity contribution in [2.75, 3.05) is 17.7 Å². The molecule has 100 valence electrons. The number of carbonyl (C=O) groups is 1. The summed E-state index contributed by atoms with van der Waals surface area (Å²) in [4.78, 5) is 18.5. The van der Waals surface area contributed by atoms with Crippen molar-refractivity contribution >= 4 is 27.8 Å². The molecule has 0 saturated heterocycles. The Balaban J connectivity index is 2.16. The molecule has 0 unspecified atom stereocenters. The van der Waals surface area contributed by atoms with E-state index in [1.807, 2.05) is 32.2 Å². The van der Waals surface area contributed by atoms with Crippen LogP contribution in [-0.4, -0.2) is 17.8 Å². The van der Waals surface area contributed by atoms with Crippen LogP contribution in [0.15, 0.2) is 30.6 Å². The number of Topliss-reactive ketones (excluding diaryl/α,β-unsaturated/α-hetero) is 1. The predicted octanol–water partition coefficient (Wildman–Crippen LogP) is 2.95. The Bertz CT molecular complexity index is 565. The highest BCUT2D eigenvalue weighted by molar-refractivity contribution is 7.18. The van der Waals surface area contributed by atoms with E-state index < -0.39 is 0 Å². The number of carbonyl (C=O) groups excluding carboxylic acids is 1. The van der Waals surface area contributed by atoms with Crippen molar-refractivity contribution in [3.8, 4) is 0 Å². The number of nitrogens with zero attached hydrogens (tertiary/aromatic N) is 2. The number of ketones is 1. The summed E-state index contributed by atoms with van der Waals surface area (Å²) in [5.74, 6) is 0.103. The second-order valence-corrected chi connectivity index (χ2v) is 5.39. The molecule has 0 aliphatic rings. The van der Waals surface area contributed by atoms with E-state index in [0.29, 0.717) is 17.0 Å². The molecule has 0 saturated carbocycles. The first-order valence-corrected chi connectivity index (χ1v) is 6.96. The lowest BCUT2D eigenvalue weighted by molar-refractivity contribution is 0.0993. The van der Waals surface area contributed by atoms with Crippen LogP contribution in [0, 0.1) is 0 Å². The van der Waals surface area contributed by atoms with Gasteiger partial charge in [-0.1, -0.05) is 6.92 Å². The van der Waals surface area contributed by atoms with E-state index in [4.69, 9.17) is 5.73 Å². The normalized spacial score (nSPS) is 10.4. The van der Waals surface area contributed by atoms with Crippen LogP contribution in [0.4, 0.5) is 10.7 Å². The third-order valence-corrected chi connectivity index (χ3v) is 4.17. The lowest BCUT2D eigenvalue weighted by atomic mass is 10.2. The second-order valence-electron chi connectivity index (χ2n) is 4.36. The Kier molecular flexibility index (Phi) is 4.16. The highest BCUT2D eigenvalue weighted by Gasteiger charge is 2.14. The van der Waals surface area contributed by atoms with Gasteiger partial charge in [0, 0.05) is 32.4 Å². The van der Waals surface area contributed by atoms with Crippen LogP contribution < -0.4 is 10.6 Å². The lowest BCUT2D eigenvalue weighted by Crippen LogP contribution is -2.14. The van der Waals surface area contributed by atoms with Crippen molar-refractivity contribution in [2.24, 2.45) is 0 Å². The Morgan fingerprint density at radius 1 is 1.42 bits per heavy atom. The summed E-state index contributed by atoms with van der Waals surface area (Å²) >= 11 is 1.46. The number of nitrogen functional groups attached to an aromatic ring is 1. The van der Waals surface area contributed by atoms with Gasteiger partial charge in [-0.25, -0.2) is 0 Å². The molecule has 0 aliphatic carbocycles. The minimum Gasteiger partial charge on any atom is -0.397 e. The van der Waals surface area contributed by atoms with E-state index in [-0.39, 0.29) is 5.78 Å². The number of rotatable bonds is 5. The molecule has 2 N–H and O–H groups in total. The zero-order valence-corrected chi connectivity index (χ0v) is 11.9. The molecule has 2 rings (SSSR count). The highest BCUT2D eigenvalue weighted by Crippen LogP contribution is 2.33. The Labute approximate surface area is 116 Å². The summed E-state index contributed by atoms with van der Waals surface area (Å²) in [7, 11) is 1.99. The molecule has 4 nitrogen and oxygen atoms in total. The lowest BCUT2D eigenvalue weighted by Gasteiger charge is -2.16. The van der Waals surface area contributed by atoms with Crippen molar-refractivity contribution < 1.29 is 4.79 Å². The van der Waals surface area contributed by atoms with Crippen LogP contribution in [0.25, 0.3) is 0 Å². The van der Waals surface area contributed by atoms with Crippen molar-refractivity contribution in [1.29, 1.82) is 0 Å². The summed E-state index contributed by atoms with van der Waals surface area (Å²) in [5.41, 5.74) is 7.65. The number of anilines is 2. The fourth-order valence-corrected chi connectivity index (χ4v) is 2.85. The molecule has 19 heavy (non-hydrogen) atoms. The fourth-order valence-electron chi connectivity index (χ4n) is 1.80. The molecule has 5 heteroatoms. The molecule has 2 heterocycles. The summed E-state index contributed by atoms with van der Waals surface area (Å²) < 4.78 is 0. The first kappa shape index (κ1) is 13.5. The van der Waals surface area contributed by atoms with Crippen molar-refractivity contribution in [1.82, 2.24) is 4.98 Å². The van der Waals surface area contributed by atoms with E-state index in [1.54, 1.807) is 12.4 Å². The van der Waals surface area contributed by atoms with Crippen molar-refractivity contribution in [2.45, 2.75) is 19.9 Å². The Hall–Kier alpha value is -1.88. The number of nitrogens with two attached hydrogens (primary N) is 1. The molecule has 0 atom stereocenters. The molecule has 2 aromatic heterocycles. The zero-order chi connectivity index (χ0) is 13.8. The monoisotopic (exact) mass is 275 g/mol. The van der Waals surface area contributed by atoms with E-state index >= 15 is 0 Å². The van der Waals surface area contributed by atoms with Crippen LogP contribution in [0.2, 0.25) is 0 Å². The SMILES string of the molecule is CCC(=O)c1sc(N(C)Cc2ccncc2)cc1N. The first-order valence-electron chi connectivity index (χ1n) is 6.14. The third kappa shape index (κ3) is 3.12. The predicted molar refractivity (Wildman–Crippen MR) is 79.7 cm³/mol. The molecule has 0 radical (unpaired) electrons. The maximum absolute atomic E-state index is 11.7. The smallest absolute Gasteiger partial charge is 0.174 e. The van der Waals surface area contributed by atoms with Crippen LogP contribution in [0.5, 0.6) is 0 Å². The van der Waals surface area contributed by atoms with Gasteiger partial charge in [0.25, 0.3) is 0 Å². The van der Waals surface area contributed by atoms with Gasteiger partial charge >= 0.3 is 0 Å². The molecule has 0 bridgehead atoms. The summed E-state index contributed by atoms with van der Waals surface area (Å²) in [6, 6.07) is 5.83. The average Bonchev–Trinajstić information content (AvgIpc) is 2.81. The molecule has 0 fully saturated rings. The molecule has 0 aliphatic heterocycles. The molecular formula is C14H17N3OS. The number of pyridine rings is 1. The quantitative estimate of drug-likeness (QED) is 0.852. The van der Waals surface area contributed by atoms with E-state index in [0.717, 1.165) is 11.5 Å². The van der Waals surface area contributed by atoms with Gasteiger partial charge in [0.15, 0.2) is 5.78 Å². The average molecular weight is 275 g/mol. The van der Waals surface area contributed by atoms with E-state index in [1.165, 1.54) is 16.9 Å². The van der Waals surface area contributed by atoms with Gasteiger partial charge in [-0.15, -0.1) is 11.3 Å². The third-order valence-electron chi connectivity index (χ3n) is 2.87. The van der Waals surface area contributed by atoms with E-state index in [9.17, 15) is 4.79 Å². The second kappa shape index (κ2) is 5.84. The Morgan fingerprint density at radius 3 is 2.74 bits per heavy atom. The van der Waals surface area contributed by atoms with Gasteiger partial charge < -0.3 is 10.6 Å². The van der Waals surface area contributed by atoms with Gasteiger partial charge in [0.1, 0.15) is 0 Å². The summed E-state index contributed by atoms with van der Waals surface area (Å²) in [6.45, 7) is 2.62. The highest BCUT2D eigenvalue weighted by atomic mass is 32.1. The molecule has 0 aromatic carbocycles.